The van der Waals surface area contributed by atoms with Gasteiger partial charge in [0, 0.05) is 63.2 Å². The second kappa shape index (κ2) is 9.40. The summed E-state index contributed by atoms with van der Waals surface area (Å²) in [5.41, 5.74) is 1.10. The number of hydrogen-bond donors (Lipinski definition) is 1. The van der Waals surface area contributed by atoms with Crippen LogP contribution in [0.5, 0.6) is 0 Å². The van der Waals surface area contributed by atoms with Crippen LogP contribution in [0.25, 0.3) is 10.9 Å². The Morgan fingerprint density at radius 1 is 1.21 bits per heavy atom. The van der Waals surface area contributed by atoms with Crippen LogP contribution in [0.4, 0.5) is 0 Å². The minimum atomic E-state index is -3.14. The molecule has 152 valence electrons. The number of carbonyl (C=O) groups excluding carboxylic acids is 1. The van der Waals surface area contributed by atoms with Crippen LogP contribution in [0.2, 0.25) is 0 Å². The Labute approximate surface area is 166 Å². The summed E-state index contributed by atoms with van der Waals surface area (Å²) < 4.78 is 26.1. The van der Waals surface area contributed by atoms with Crippen molar-refractivity contribution in [2.24, 2.45) is 0 Å². The third kappa shape index (κ3) is 5.03. The summed E-state index contributed by atoms with van der Waals surface area (Å²) in [6, 6.07) is 3.69. The van der Waals surface area contributed by atoms with E-state index in [4.69, 9.17) is 0 Å². The van der Waals surface area contributed by atoms with Crippen molar-refractivity contribution in [1.82, 2.24) is 24.5 Å². The van der Waals surface area contributed by atoms with Crippen molar-refractivity contribution >= 4 is 26.8 Å². The molecule has 0 aromatic carbocycles. The van der Waals surface area contributed by atoms with Crippen molar-refractivity contribution in [3.05, 3.63) is 36.3 Å². The van der Waals surface area contributed by atoms with Gasteiger partial charge in [0.25, 0.3) is 5.91 Å². The Morgan fingerprint density at radius 3 is 2.75 bits per heavy atom. The van der Waals surface area contributed by atoms with E-state index >= 15 is 0 Å². The molecule has 28 heavy (non-hydrogen) atoms. The van der Waals surface area contributed by atoms with Gasteiger partial charge in [-0.3, -0.25) is 19.7 Å². The molecule has 1 aliphatic rings. The van der Waals surface area contributed by atoms with Crippen molar-refractivity contribution < 1.29 is 13.2 Å². The number of nitrogens with zero attached hydrogens (tertiary/aromatic N) is 4. The van der Waals surface area contributed by atoms with Gasteiger partial charge in [0.05, 0.1) is 16.8 Å². The molecule has 3 heterocycles. The Balaban J connectivity index is 1.47. The molecule has 1 aliphatic heterocycles. The molecule has 0 atom stereocenters. The van der Waals surface area contributed by atoms with Crippen LogP contribution in [-0.2, 0) is 10.0 Å². The molecule has 0 radical (unpaired) electrons. The number of carbonyl (C=O) groups is 1. The topological polar surface area (TPSA) is 95.5 Å². The van der Waals surface area contributed by atoms with Crippen LogP contribution in [0.15, 0.2) is 30.7 Å². The molecule has 0 saturated carbocycles. The molecular weight excluding hydrogens is 378 g/mol. The van der Waals surface area contributed by atoms with Crippen LogP contribution in [-0.4, -0.2) is 78.5 Å². The second-order valence-corrected chi connectivity index (χ2v) is 9.02. The Kier molecular flexibility index (Phi) is 6.93. The first-order chi connectivity index (χ1) is 13.5. The number of hydrogen-bond acceptors (Lipinski definition) is 6. The Morgan fingerprint density at radius 2 is 2.00 bits per heavy atom. The van der Waals surface area contributed by atoms with E-state index in [1.165, 1.54) is 6.20 Å². The van der Waals surface area contributed by atoms with Gasteiger partial charge in [0.2, 0.25) is 10.0 Å². The van der Waals surface area contributed by atoms with E-state index in [9.17, 15) is 13.2 Å². The molecule has 0 unspecified atom stereocenters. The molecule has 2 aromatic heterocycles. The monoisotopic (exact) mass is 405 g/mol. The molecule has 0 spiro atoms. The van der Waals surface area contributed by atoms with Crippen LogP contribution in [0, 0.1) is 0 Å². The fraction of sp³-hybridized carbons (Fsp3) is 0.526. The van der Waals surface area contributed by atoms with E-state index in [2.05, 4.69) is 20.2 Å². The highest BCUT2D eigenvalue weighted by molar-refractivity contribution is 7.89. The van der Waals surface area contributed by atoms with Crippen molar-refractivity contribution in [1.29, 1.82) is 0 Å². The quantitative estimate of drug-likeness (QED) is 0.707. The molecule has 2 aromatic rings. The molecule has 1 saturated heterocycles. The van der Waals surface area contributed by atoms with Crippen LogP contribution >= 0.6 is 0 Å². The lowest BCUT2D eigenvalue weighted by Crippen LogP contribution is -2.50. The highest BCUT2D eigenvalue weighted by atomic mass is 32.2. The highest BCUT2D eigenvalue weighted by Crippen LogP contribution is 2.14. The maximum atomic E-state index is 12.5. The summed E-state index contributed by atoms with van der Waals surface area (Å²) in [6.07, 6.45) is 6.46. The van der Waals surface area contributed by atoms with Crippen LogP contribution in [0.3, 0.4) is 0 Å². The second-order valence-electron chi connectivity index (χ2n) is 6.93. The predicted octanol–water partition coefficient (Wildman–Crippen LogP) is 1.11. The van der Waals surface area contributed by atoms with Gasteiger partial charge in [-0.05, 0) is 18.6 Å². The van der Waals surface area contributed by atoms with Crippen LogP contribution < -0.4 is 5.32 Å². The van der Waals surface area contributed by atoms with Gasteiger partial charge < -0.3 is 5.32 Å². The average Bonchev–Trinajstić information content (AvgIpc) is 2.72. The first-order valence-corrected chi connectivity index (χ1v) is 11.3. The van der Waals surface area contributed by atoms with E-state index < -0.39 is 10.0 Å². The number of pyridine rings is 2. The summed E-state index contributed by atoms with van der Waals surface area (Å²) in [4.78, 5) is 23.0. The highest BCUT2D eigenvalue weighted by Gasteiger charge is 2.26. The van der Waals surface area contributed by atoms with Crippen molar-refractivity contribution in [2.45, 2.75) is 19.8 Å². The molecule has 0 bridgehead atoms. The Hall–Kier alpha value is -2.10. The van der Waals surface area contributed by atoms with E-state index in [1.807, 2.05) is 19.1 Å². The van der Waals surface area contributed by atoms with Gasteiger partial charge in [0.1, 0.15) is 0 Å². The van der Waals surface area contributed by atoms with E-state index in [0.717, 1.165) is 11.8 Å². The smallest absolute Gasteiger partial charge is 0.255 e. The number of aromatic nitrogens is 2. The first-order valence-electron chi connectivity index (χ1n) is 9.68. The summed E-state index contributed by atoms with van der Waals surface area (Å²) in [5, 5.41) is 3.74. The summed E-state index contributed by atoms with van der Waals surface area (Å²) in [6.45, 7) is 5.54. The standard InChI is InChI=1S/C19H27N5O3S/c1-2-3-13-28(26,27)24-11-9-23(10-12-24)8-7-22-19(25)17-15-20-14-16-5-4-6-21-18(16)17/h4-6,14-15H,2-3,7-13H2,1H3,(H,22,25). The predicted molar refractivity (Wildman–Crippen MR) is 109 cm³/mol. The fourth-order valence-corrected chi connectivity index (χ4v) is 4.91. The average molecular weight is 406 g/mol. The van der Waals surface area contributed by atoms with E-state index in [1.54, 1.807) is 16.7 Å². The van der Waals surface area contributed by atoms with Gasteiger partial charge >= 0.3 is 0 Å². The number of piperazine rings is 1. The number of rotatable bonds is 8. The zero-order valence-electron chi connectivity index (χ0n) is 16.2. The third-order valence-electron chi connectivity index (χ3n) is 4.95. The first kappa shape index (κ1) is 20.6. The van der Waals surface area contributed by atoms with Gasteiger partial charge in [-0.2, -0.15) is 4.31 Å². The number of sulfonamides is 1. The SMILES string of the molecule is CCCCS(=O)(=O)N1CCN(CCNC(=O)c2cncc3cccnc23)CC1. The van der Waals surface area contributed by atoms with E-state index in [0.29, 0.717) is 56.8 Å². The zero-order valence-corrected chi connectivity index (χ0v) is 17.0. The lowest BCUT2D eigenvalue weighted by Gasteiger charge is -2.34. The minimum Gasteiger partial charge on any atom is -0.351 e. The van der Waals surface area contributed by atoms with Gasteiger partial charge in [0.15, 0.2) is 0 Å². The molecule has 9 heteroatoms. The minimum absolute atomic E-state index is 0.197. The molecule has 8 nitrogen and oxygen atoms in total. The molecule has 1 fully saturated rings. The maximum Gasteiger partial charge on any atom is 0.255 e. The summed E-state index contributed by atoms with van der Waals surface area (Å²) in [5.74, 6) is 0.0321. The molecule has 1 amide bonds. The molecular formula is C19H27N5O3S. The van der Waals surface area contributed by atoms with E-state index in [-0.39, 0.29) is 11.7 Å². The van der Waals surface area contributed by atoms with Crippen molar-refractivity contribution in [2.75, 3.05) is 45.0 Å². The number of nitrogens with one attached hydrogen (secondary N) is 1. The van der Waals surface area contributed by atoms with Crippen LogP contribution in [0.1, 0.15) is 30.1 Å². The number of fused-ring (bicyclic) bond motifs is 1. The number of unbranched alkanes of at least 4 members (excludes halogenated alkanes) is 1. The zero-order chi connectivity index (χ0) is 20.0. The van der Waals surface area contributed by atoms with Gasteiger partial charge in [-0.15, -0.1) is 0 Å². The lowest BCUT2D eigenvalue weighted by atomic mass is 10.2. The maximum absolute atomic E-state index is 12.5. The van der Waals surface area contributed by atoms with Crippen molar-refractivity contribution in [3.8, 4) is 0 Å². The van der Waals surface area contributed by atoms with Gasteiger partial charge in [-0.25, -0.2) is 8.42 Å². The molecule has 3 rings (SSSR count). The van der Waals surface area contributed by atoms with Crippen molar-refractivity contribution in [3.63, 3.8) is 0 Å². The summed E-state index contributed by atoms with van der Waals surface area (Å²) >= 11 is 0. The molecule has 0 aliphatic carbocycles. The Bertz CT molecular complexity index is 905. The summed E-state index contributed by atoms with van der Waals surface area (Å²) in [7, 11) is -3.14. The lowest BCUT2D eigenvalue weighted by molar-refractivity contribution is 0.0946. The fourth-order valence-electron chi connectivity index (χ4n) is 3.28. The molecule has 1 N–H and O–H groups in total. The normalized spacial score (nSPS) is 16.3. The number of amides is 1. The van der Waals surface area contributed by atoms with Gasteiger partial charge in [-0.1, -0.05) is 13.3 Å². The third-order valence-corrected chi connectivity index (χ3v) is 6.91. The largest absolute Gasteiger partial charge is 0.351 e.